The molecule has 0 aromatic heterocycles. The van der Waals surface area contributed by atoms with Crippen molar-refractivity contribution in [3.63, 3.8) is 0 Å². The van der Waals surface area contributed by atoms with E-state index in [0.29, 0.717) is 0 Å². The summed E-state index contributed by atoms with van der Waals surface area (Å²) < 4.78 is 0. The highest BCUT2D eigenvalue weighted by Gasteiger charge is 2.10. The van der Waals surface area contributed by atoms with E-state index in [1.807, 2.05) is 11.8 Å². The number of unbranched alkanes of at least 4 members (excludes halogenated alkanes) is 1. The highest BCUT2D eigenvalue weighted by Crippen LogP contribution is 2.15. The van der Waals surface area contributed by atoms with Gasteiger partial charge >= 0.3 is 0 Å². The fourth-order valence-corrected chi connectivity index (χ4v) is 1.96. The molecule has 2 nitrogen and oxygen atoms in total. The lowest BCUT2D eigenvalue weighted by Gasteiger charge is -2.17. The van der Waals surface area contributed by atoms with Crippen LogP contribution in [-0.4, -0.2) is 24.0 Å². The van der Waals surface area contributed by atoms with Crippen LogP contribution in [0.25, 0.3) is 0 Å². The molecule has 0 aliphatic carbocycles. The minimum atomic E-state index is 0.756. The van der Waals surface area contributed by atoms with E-state index in [1.165, 1.54) is 18.6 Å². The number of thioether (sulfide) groups is 1. The van der Waals surface area contributed by atoms with Crippen molar-refractivity contribution < 1.29 is 0 Å². The molecule has 0 fully saturated rings. The average molecular weight is 186 g/mol. The molecule has 1 rings (SSSR count). The number of rotatable bonds is 3. The lowest BCUT2D eigenvalue weighted by Crippen LogP contribution is -2.26. The van der Waals surface area contributed by atoms with Crippen molar-refractivity contribution in [3.8, 4) is 0 Å². The Kier molecular flexibility index (Phi) is 4.51. The van der Waals surface area contributed by atoms with Crippen molar-refractivity contribution in [2.45, 2.75) is 26.7 Å². The molecule has 0 aromatic rings. The minimum Gasteiger partial charge on any atom is -0.365 e. The largest absolute Gasteiger partial charge is 0.365 e. The molecule has 1 aliphatic rings. The number of nitrogens with zero attached hydrogens (tertiary/aromatic N) is 1. The molecule has 0 bridgehead atoms. The third-order valence-corrected chi connectivity index (χ3v) is 3.14. The summed E-state index contributed by atoms with van der Waals surface area (Å²) in [5.74, 6) is 1.98. The van der Waals surface area contributed by atoms with Gasteiger partial charge in [-0.2, -0.15) is 0 Å². The molecule has 1 atom stereocenters. The number of nitrogens with one attached hydrogen (secondary N) is 1. The van der Waals surface area contributed by atoms with Crippen LogP contribution in [-0.2, 0) is 0 Å². The molecule has 0 amide bonds. The molecule has 0 saturated carbocycles. The molecule has 12 heavy (non-hydrogen) atoms. The minimum absolute atomic E-state index is 0.756. The van der Waals surface area contributed by atoms with Crippen molar-refractivity contribution in [1.29, 1.82) is 0 Å². The quantitative estimate of drug-likeness (QED) is 0.683. The number of hydrogen-bond donors (Lipinski definition) is 1. The van der Waals surface area contributed by atoms with Crippen molar-refractivity contribution in [1.82, 2.24) is 5.32 Å². The van der Waals surface area contributed by atoms with Crippen LogP contribution in [0.5, 0.6) is 0 Å². The van der Waals surface area contributed by atoms with E-state index < -0.39 is 0 Å². The summed E-state index contributed by atoms with van der Waals surface area (Å²) in [5, 5.41) is 4.51. The Labute approximate surface area is 79.2 Å². The van der Waals surface area contributed by atoms with Crippen LogP contribution < -0.4 is 5.32 Å². The number of amidine groups is 1. The summed E-state index contributed by atoms with van der Waals surface area (Å²) in [4.78, 5) is 4.45. The van der Waals surface area contributed by atoms with Crippen LogP contribution >= 0.6 is 11.8 Å². The van der Waals surface area contributed by atoms with Gasteiger partial charge in [-0.3, -0.25) is 4.99 Å². The number of aliphatic imine (C=N–C) groups is 1. The molecular weight excluding hydrogens is 168 g/mol. The zero-order valence-electron chi connectivity index (χ0n) is 7.97. The van der Waals surface area contributed by atoms with Gasteiger partial charge in [0.05, 0.1) is 0 Å². The van der Waals surface area contributed by atoms with E-state index in [-0.39, 0.29) is 0 Å². The molecular formula is C9H18N2S. The summed E-state index contributed by atoms with van der Waals surface area (Å²) in [6.07, 6.45) is 2.50. The van der Waals surface area contributed by atoms with Gasteiger partial charge in [0.2, 0.25) is 0 Å². The molecule has 1 heterocycles. The Hall–Kier alpha value is -0.180. The topological polar surface area (TPSA) is 24.4 Å². The van der Waals surface area contributed by atoms with E-state index in [9.17, 15) is 0 Å². The molecule has 0 aromatic carbocycles. The Morgan fingerprint density at radius 2 is 2.50 bits per heavy atom. The van der Waals surface area contributed by atoms with Crippen LogP contribution in [0.15, 0.2) is 4.99 Å². The molecule has 0 radical (unpaired) electrons. The smallest absolute Gasteiger partial charge is 0.156 e. The van der Waals surface area contributed by atoms with E-state index in [0.717, 1.165) is 24.2 Å². The Morgan fingerprint density at radius 3 is 3.08 bits per heavy atom. The third-order valence-electron chi connectivity index (χ3n) is 1.86. The second-order valence-electron chi connectivity index (χ2n) is 3.34. The molecule has 1 aliphatic heterocycles. The van der Waals surface area contributed by atoms with E-state index in [2.05, 4.69) is 24.2 Å². The van der Waals surface area contributed by atoms with Gasteiger partial charge in [-0.15, -0.1) is 0 Å². The Bertz CT molecular complexity index is 157. The van der Waals surface area contributed by atoms with Gasteiger partial charge in [-0.05, 0) is 12.3 Å². The van der Waals surface area contributed by atoms with E-state index >= 15 is 0 Å². The second kappa shape index (κ2) is 5.46. The predicted molar refractivity (Wildman–Crippen MR) is 56.8 cm³/mol. The second-order valence-corrected chi connectivity index (χ2v) is 4.35. The SMILES string of the molecule is CCCCNC1=NCC(C)CS1. The normalized spacial score (nSPS) is 23.5. The van der Waals surface area contributed by atoms with Gasteiger partial charge in [-0.25, -0.2) is 0 Å². The predicted octanol–water partition coefficient (Wildman–Crippen LogP) is 2.12. The fraction of sp³-hybridized carbons (Fsp3) is 0.889. The van der Waals surface area contributed by atoms with Gasteiger partial charge in [0.15, 0.2) is 5.17 Å². The summed E-state index contributed by atoms with van der Waals surface area (Å²) in [6, 6.07) is 0. The summed E-state index contributed by atoms with van der Waals surface area (Å²) in [6.45, 7) is 6.54. The molecule has 70 valence electrons. The lowest BCUT2D eigenvalue weighted by atomic mass is 10.2. The maximum absolute atomic E-state index is 4.45. The maximum atomic E-state index is 4.45. The first-order valence-electron chi connectivity index (χ1n) is 4.74. The standard InChI is InChI=1S/C9H18N2S/c1-3-4-5-10-9-11-6-8(2)7-12-9/h8H,3-7H2,1-2H3,(H,10,11). The molecule has 1 N–H and O–H groups in total. The highest BCUT2D eigenvalue weighted by atomic mass is 32.2. The van der Waals surface area contributed by atoms with E-state index in [4.69, 9.17) is 0 Å². The fourth-order valence-electron chi connectivity index (χ4n) is 1.04. The van der Waals surface area contributed by atoms with Gasteiger partial charge in [0.1, 0.15) is 0 Å². The molecule has 0 spiro atoms. The van der Waals surface area contributed by atoms with Crippen molar-refractivity contribution in [2.75, 3.05) is 18.8 Å². The van der Waals surface area contributed by atoms with Gasteiger partial charge < -0.3 is 5.32 Å². The van der Waals surface area contributed by atoms with Crippen molar-refractivity contribution >= 4 is 16.9 Å². The van der Waals surface area contributed by atoms with Crippen LogP contribution in [0, 0.1) is 5.92 Å². The lowest BCUT2D eigenvalue weighted by molar-refractivity contribution is 0.666. The first kappa shape index (κ1) is 9.90. The summed E-state index contributed by atoms with van der Waals surface area (Å²) >= 11 is 1.86. The average Bonchev–Trinajstić information content (AvgIpc) is 2.09. The van der Waals surface area contributed by atoms with Crippen LogP contribution in [0.1, 0.15) is 26.7 Å². The van der Waals surface area contributed by atoms with Gasteiger partial charge in [0.25, 0.3) is 0 Å². The Balaban J connectivity index is 2.15. The zero-order valence-corrected chi connectivity index (χ0v) is 8.78. The first-order chi connectivity index (χ1) is 5.83. The summed E-state index contributed by atoms with van der Waals surface area (Å²) in [7, 11) is 0. The van der Waals surface area contributed by atoms with Crippen molar-refractivity contribution in [3.05, 3.63) is 0 Å². The van der Waals surface area contributed by atoms with Gasteiger partial charge in [-0.1, -0.05) is 32.0 Å². The number of hydrogen-bond acceptors (Lipinski definition) is 3. The molecule has 3 heteroatoms. The third kappa shape index (κ3) is 3.48. The van der Waals surface area contributed by atoms with E-state index in [1.54, 1.807) is 0 Å². The van der Waals surface area contributed by atoms with Crippen LogP contribution in [0.2, 0.25) is 0 Å². The highest BCUT2D eigenvalue weighted by molar-refractivity contribution is 8.13. The monoisotopic (exact) mass is 186 g/mol. The Morgan fingerprint density at radius 1 is 1.67 bits per heavy atom. The maximum Gasteiger partial charge on any atom is 0.156 e. The van der Waals surface area contributed by atoms with Crippen LogP contribution in [0.4, 0.5) is 0 Å². The zero-order chi connectivity index (χ0) is 8.81. The first-order valence-corrected chi connectivity index (χ1v) is 5.72. The van der Waals surface area contributed by atoms with Crippen molar-refractivity contribution in [2.24, 2.45) is 10.9 Å². The summed E-state index contributed by atoms with van der Waals surface area (Å²) in [5.41, 5.74) is 0. The molecule has 0 saturated heterocycles. The molecule has 1 unspecified atom stereocenters. The van der Waals surface area contributed by atoms with Crippen LogP contribution in [0.3, 0.4) is 0 Å². The van der Waals surface area contributed by atoms with Gasteiger partial charge in [0, 0.05) is 18.8 Å².